The van der Waals surface area contributed by atoms with Crippen molar-refractivity contribution in [2.75, 3.05) is 6.79 Å². The van der Waals surface area contributed by atoms with Gasteiger partial charge in [-0.05, 0) is 43.9 Å². The molecule has 0 aliphatic heterocycles. The summed E-state index contributed by atoms with van der Waals surface area (Å²) in [7, 11) is 0. The molecule has 1 aromatic rings. The van der Waals surface area contributed by atoms with E-state index < -0.39 is 17.4 Å². The van der Waals surface area contributed by atoms with Gasteiger partial charge in [0, 0.05) is 0 Å². The molecule has 0 unspecified atom stereocenters. The first kappa shape index (κ1) is 17.2. The lowest BCUT2D eigenvalue weighted by Crippen LogP contribution is -2.24. The summed E-state index contributed by atoms with van der Waals surface area (Å²) in [5.41, 5.74) is 0.839. The second-order valence-electron chi connectivity index (χ2n) is 7.06. The highest BCUT2D eigenvalue weighted by Crippen LogP contribution is 2.23. The molecule has 0 atom stereocenters. The summed E-state index contributed by atoms with van der Waals surface area (Å²) in [4.78, 5) is 23.5. The Morgan fingerprint density at radius 3 is 2.14 bits per heavy atom. The molecule has 0 aliphatic carbocycles. The van der Waals surface area contributed by atoms with Crippen LogP contribution in [-0.2, 0) is 19.7 Å². The molecule has 116 valence electrons. The van der Waals surface area contributed by atoms with Crippen LogP contribution in [0.4, 0.5) is 0 Å². The van der Waals surface area contributed by atoms with Crippen LogP contribution in [-0.4, -0.2) is 18.7 Å². The number of hydrogen-bond acceptors (Lipinski definition) is 4. The maximum absolute atomic E-state index is 11.9. The highest BCUT2D eigenvalue weighted by atomic mass is 16.7. The molecule has 0 heterocycles. The number of ether oxygens (including phenoxy) is 2. The predicted molar refractivity (Wildman–Crippen MR) is 81.0 cm³/mol. The summed E-state index contributed by atoms with van der Waals surface area (Å²) >= 11 is 0. The fraction of sp³-hybridized carbons (Fsp3) is 0.529. The number of benzene rings is 1. The van der Waals surface area contributed by atoms with Gasteiger partial charge in [0.05, 0.1) is 11.0 Å². The van der Waals surface area contributed by atoms with E-state index in [1.165, 1.54) is 0 Å². The lowest BCUT2D eigenvalue weighted by molar-refractivity contribution is -0.161. The molecular weight excluding hydrogens is 268 g/mol. The first-order valence-corrected chi connectivity index (χ1v) is 6.97. The third kappa shape index (κ3) is 5.21. The molecule has 0 bridgehead atoms. The van der Waals surface area contributed by atoms with Gasteiger partial charge in [-0.15, -0.1) is 0 Å². The van der Waals surface area contributed by atoms with Crippen molar-refractivity contribution in [1.29, 1.82) is 0 Å². The number of rotatable bonds is 3. The van der Waals surface area contributed by atoms with Gasteiger partial charge < -0.3 is 9.47 Å². The maximum atomic E-state index is 11.9. The molecule has 0 saturated heterocycles. The van der Waals surface area contributed by atoms with Gasteiger partial charge in [0.2, 0.25) is 6.79 Å². The van der Waals surface area contributed by atoms with E-state index in [-0.39, 0.29) is 12.2 Å². The van der Waals surface area contributed by atoms with Crippen LogP contribution >= 0.6 is 0 Å². The van der Waals surface area contributed by atoms with Crippen molar-refractivity contribution in [1.82, 2.24) is 0 Å². The molecule has 4 nitrogen and oxygen atoms in total. The summed E-state index contributed by atoms with van der Waals surface area (Å²) in [6.07, 6.45) is 0. The monoisotopic (exact) mass is 292 g/mol. The van der Waals surface area contributed by atoms with Crippen LogP contribution in [0.1, 0.15) is 57.5 Å². The van der Waals surface area contributed by atoms with Crippen molar-refractivity contribution in [2.45, 2.75) is 47.0 Å². The van der Waals surface area contributed by atoms with E-state index >= 15 is 0 Å². The largest absolute Gasteiger partial charge is 0.427 e. The van der Waals surface area contributed by atoms with Crippen molar-refractivity contribution in [2.24, 2.45) is 5.41 Å². The van der Waals surface area contributed by atoms with E-state index in [1.54, 1.807) is 32.9 Å². The first-order chi connectivity index (χ1) is 9.51. The normalized spacial score (nSPS) is 11.9. The number of carbonyl (C=O) groups is 2. The molecular formula is C17H24O4. The van der Waals surface area contributed by atoms with Crippen molar-refractivity contribution in [3.8, 4) is 0 Å². The van der Waals surface area contributed by atoms with Crippen molar-refractivity contribution >= 4 is 11.9 Å². The SMILES string of the molecule is CC(C)(C)C(=O)OCOC(=O)c1cccc(C(C)(C)C)c1. The third-order valence-corrected chi connectivity index (χ3v) is 2.96. The average molecular weight is 292 g/mol. The molecule has 0 spiro atoms. The van der Waals surface area contributed by atoms with Crippen LogP contribution in [0.5, 0.6) is 0 Å². The molecule has 1 aromatic carbocycles. The molecule has 0 radical (unpaired) electrons. The predicted octanol–water partition coefficient (Wildman–Crippen LogP) is 3.69. The summed E-state index contributed by atoms with van der Waals surface area (Å²) < 4.78 is 9.89. The summed E-state index contributed by atoms with van der Waals surface area (Å²) in [6, 6.07) is 7.27. The lowest BCUT2D eigenvalue weighted by atomic mass is 9.86. The fourth-order valence-corrected chi connectivity index (χ4v) is 1.55. The second-order valence-corrected chi connectivity index (χ2v) is 7.06. The maximum Gasteiger partial charge on any atom is 0.341 e. The van der Waals surface area contributed by atoms with Crippen LogP contribution in [0.3, 0.4) is 0 Å². The van der Waals surface area contributed by atoms with Gasteiger partial charge in [0.15, 0.2) is 0 Å². The van der Waals surface area contributed by atoms with Crippen LogP contribution in [0.2, 0.25) is 0 Å². The van der Waals surface area contributed by atoms with Gasteiger partial charge in [-0.1, -0.05) is 32.9 Å². The Labute approximate surface area is 126 Å². The summed E-state index contributed by atoms with van der Waals surface area (Å²) in [5.74, 6) is -0.901. The Morgan fingerprint density at radius 2 is 1.62 bits per heavy atom. The zero-order chi connectivity index (χ0) is 16.3. The molecule has 0 aliphatic rings. The Balaban J connectivity index is 2.63. The lowest BCUT2D eigenvalue weighted by Gasteiger charge is -2.19. The molecule has 0 fully saturated rings. The molecule has 21 heavy (non-hydrogen) atoms. The fourth-order valence-electron chi connectivity index (χ4n) is 1.55. The highest BCUT2D eigenvalue weighted by Gasteiger charge is 2.23. The van der Waals surface area contributed by atoms with E-state index in [2.05, 4.69) is 20.8 Å². The van der Waals surface area contributed by atoms with Crippen LogP contribution in [0.25, 0.3) is 0 Å². The van der Waals surface area contributed by atoms with Crippen LogP contribution in [0, 0.1) is 5.41 Å². The van der Waals surface area contributed by atoms with E-state index in [9.17, 15) is 9.59 Å². The topological polar surface area (TPSA) is 52.6 Å². The minimum atomic E-state index is -0.613. The minimum Gasteiger partial charge on any atom is -0.427 e. The van der Waals surface area contributed by atoms with Gasteiger partial charge in [-0.3, -0.25) is 4.79 Å². The van der Waals surface area contributed by atoms with Crippen molar-refractivity contribution < 1.29 is 19.1 Å². The van der Waals surface area contributed by atoms with Gasteiger partial charge in [0.1, 0.15) is 0 Å². The molecule has 0 aromatic heterocycles. The third-order valence-electron chi connectivity index (χ3n) is 2.96. The second kappa shape index (κ2) is 6.29. The first-order valence-electron chi connectivity index (χ1n) is 6.97. The minimum absolute atomic E-state index is 0.0466. The standard InChI is InChI=1S/C17H24O4/c1-16(2,3)13-9-7-8-12(10-13)14(18)20-11-21-15(19)17(4,5)6/h7-10H,11H2,1-6H3. The highest BCUT2D eigenvalue weighted by molar-refractivity contribution is 5.89. The van der Waals surface area contributed by atoms with Crippen molar-refractivity contribution in [3.05, 3.63) is 35.4 Å². The Morgan fingerprint density at radius 1 is 1.00 bits per heavy atom. The zero-order valence-corrected chi connectivity index (χ0v) is 13.6. The Hall–Kier alpha value is -1.84. The number of esters is 2. The molecule has 0 amide bonds. The van der Waals surface area contributed by atoms with Crippen LogP contribution in [0.15, 0.2) is 24.3 Å². The molecule has 4 heteroatoms. The van der Waals surface area contributed by atoms with E-state index in [4.69, 9.17) is 9.47 Å². The Bertz CT molecular complexity index is 518. The Kier molecular flexibility index (Phi) is 5.15. The van der Waals surface area contributed by atoms with Gasteiger partial charge in [0.25, 0.3) is 0 Å². The van der Waals surface area contributed by atoms with E-state index in [0.29, 0.717) is 5.56 Å². The quantitative estimate of drug-likeness (QED) is 0.630. The van der Waals surface area contributed by atoms with Crippen LogP contribution < -0.4 is 0 Å². The zero-order valence-electron chi connectivity index (χ0n) is 13.6. The van der Waals surface area contributed by atoms with Gasteiger partial charge in [-0.25, -0.2) is 4.79 Å². The number of hydrogen-bond donors (Lipinski definition) is 0. The average Bonchev–Trinajstić information content (AvgIpc) is 2.36. The van der Waals surface area contributed by atoms with Gasteiger partial charge >= 0.3 is 11.9 Å². The van der Waals surface area contributed by atoms with Gasteiger partial charge in [-0.2, -0.15) is 0 Å². The number of carbonyl (C=O) groups excluding carboxylic acids is 2. The molecule has 0 N–H and O–H groups in total. The molecule has 1 rings (SSSR count). The van der Waals surface area contributed by atoms with Crippen molar-refractivity contribution in [3.63, 3.8) is 0 Å². The summed E-state index contributed by atoms with van der Waals surface area (Å²) in [5, 5.41) is 0. The molecule has 0 saturated carbocycles. The van der Waals surface area contributed by atoms with E-state index in [1.807, 2.05) is 12.1 Å². The summed E-state index contributed by atoms with van der Waals surface area (Å²) in [6.45, 7) is 11.1. The van der Waals surface area contributed by atoms with E-state index in [0.717, 1.165) is 5.56 Å². The smallest absolute Gasteiger partial charge is 0.341 e.